The number of halogens is 2. The van der Waals surface area contributed by atoms with Crippen LogP contribution >= 0.6 is 27.5 Å². The van der Waals surface area contributed by atoms with Crippen LogP contribution in [-0.4, -0.2) is 44.2 Å². The van der Waals surface area contributed by atoms with Gasteiger partial charge in [-0.25, -0.2) is 8.42 Å². The number of rotatable bonds is 5. The normalized spacial score (nSPS) is 18.8. The largest absolute Gasteiger partial charge is 0.326 e. The molecule has 0 saturated carbocycles. The maximum atomic E-state index is 13.6. The summed E-state index contributed by atoms with van der Waals surface area (Å²) in [6.45, 7) is 2.77. The Morgan fingerprint density at radius 1 is 1.21 bits per heavy atom. The number of nitrogens with zero attached hydrogens (tertiary/aromatic N) is 2. The zero-order valence-corrected chi connectivity index (χ0v) is 21.3. The zero-order chi connectivity index (χ0) is 23.8. The smallest absolute Gasteiger partial charge is 0.244 e. The second-order valence-electron chi connectivity index (χ2n) is 8.26. The van der Waals surface area contributed by atoms with E-state index in [1.165, 1.54) is 4.31 Å². The van der Waals surface area contributed by atoms with Gasteiger partial charge in [0.05, 0.1) is 10.8 Å². The topological polar surface area (TPSA) is 86.8 Å². The molecule has 1 fully saturated rings. The maximum absolute atomic E-state index is 13.6. The molecule has 0 unspecified atom stereocenters. The molecule has 0 radical (unpaired) electrons. The Bertz CT molecular complexity index is 1200. The SMILES string of the molecule is CCC(=O)N1CCc2cc(Br)c(S(=O)(=O)N3CCC[C@@H](C(=O)Nc4cccc(Cl)c4)C3)cc21. The number of fused-ring (bicyclic) bond motifs is 1. The lowest BCUT2D eigenvalue weighted by Gasteiger charge is -2.31. The fourth-order valence-electron chi connectivity index (χ4n) is 4.36. The number of piperidine rings is 1. The van der Waals surface area contributed by atoms with Crippen molar-refractivity contribution in [3.63, 3.8) is 0 Å². The molecule has 33 heavy (non-hydrogen) atoms. The van der Waals surface area contributed by atoms with Crippen LogP contribution in [0.1, 0.15) is 31.7 Å². The van der Waals surface area contributed by atoms with Crippen LogP contribution in [0.2, 0.25) is 5.02 Å². The molecule has 2 heterocycles. The van der Waals surface area contributed by atoms with E-state index in [2.05, 4.69) is 21.2 Å². The Balaban J connectivity index is 1.56. The molecule has 1 atom stereocenters. The average Bonchev–Trinajstić information content (AvgIpc) is 3.20. The van der Waals surface area contributed by atoms with Gasteiger partial charge in [-0.15, -0.1) is 0 Å². The molecule has 1 N–H and O–H groups in total. The van der Waals surface area contributed by atoms with Gasteiger partial charge >= 0.3 is 0 Å². The van der Waals surface area contributed by atoms with E-state index in [1.807, 2.05) is 0 Å². The molecule has 0 spiro atoms. The van der Waals surface area contributed by atoms with Crippen LogP contribution in [0.4, 0.5) is 11.4 Å². The molecular weight excluding hydrogens is 530 g/mol. The number of hydrogen-bond donors (Lipinski definition) is 1. The molecule has 0 aliphatic carbocycles. The van der Waals surface area contributed by atoms with Gasteiger partial charge in [0.15, 0.2) is 0 Å². The number of sulfonamides is 1. The first kappa shape index (κ1) is 24.2. The summed E-state index contributed by atoms with van der Waals surface area (Å²) in [6.07, 6.45) is 2.22. The lowest BCUT2D eigenvalue weighted by molar-refractivity contribution is -0.121. The van der Waals surface area contributed by atoms with Crippen molar-refractivity contribution in [1.29, 1.82) is 0 Å². The number of carbonyl (C=O) groups excluding carboxylic acids is 2. The Kier molecular flexibility index (Phi) is 7.14. The number of hydrogen-bond acceptors (Lipinski definition) is 4. The molecule has 2 amide bonds. The van der Waals surface area contributed by atoms with Gasteiger partial charge in [0.2, 0.25) is 21.8 Å². The highest BCUT2D eigenvalue weighted by molar-refractivity contribution is 9.10. The van der Waals surface area contributed by atoms with Crippen LogP contribution in [-0.2, 0) is 26.0 Å². The molecule has 2 aliphatic rings. The Hall–Kier alpha value is -1.94. The van der Waals surface area contributed by atoms with Crippen LogP contribution in [0.3, 0.4) is 0 Å². The van der Waals surface area contributed by atoms with Crippen molar-refractivity contribution >= 4 is 60.7 Å². The highest BCUT2D eigenvalue weighted by Crippen LogP contribution is 2.37. The Morgan fingerprint density at radius 2 is 2.00 bits per heavy atom. The van der Waals surface area contributed by atoms with Crippen LogP contribution in [0.15, 0.2) is 45.8 Å². The minimum Gasteiger partial charge on any atom is -0.326 e. The molecular formula is C23H25BrClN3O4S. The van der Waals surface area contributed by atoms with E-state index in [9.17, 15) is 18.0 Å². The van der Waals surface area contributed by atoms with Gasteiger partial charge in [0.25, 0.3) is 0 Å². The number of amides is 2. The summed E-state index contributed by atoms with van der Waals surface area (Å²) in [5.74, 6) is -0.737. The number of carbonyl (C=O) groups is 2. The predicted octanol–water partition coefficient (Wildman–Crippen LogP) is 4.44. The molecule has 0 bridgehead atoms. The molecule has 176 valence electrons. The van der Waals surface area contributed by atoms with Crippen molar-refractivity contribution in [3.05, 3.63) is 51.5 Å². The first-order chi connectivity index (χ1) is 15.7. The maximum Gasteiger partial charge on any atom is 0.244 e. The molecule has 2 aliphatic heterocycles. The summed E-state index contributed by atoms with van der Waals surface area (Å²) in [6, 6.07) is 10.2. The van der Waals surface area contributed by atoms with E-state index in [1.54, 1.807) is 48.2 Å². The average molecular weight is 555 g/mol. The molecule has 10 heteroatoms. The number of anilines is 2. The van der Waals surface area contributed by atoms with Gasteiger partial charge in [0, 0.05) is 46.9 Å². The third-order valence-electron chi connectivity index (χ3n) is 6.10. The number of nitrogens with one attached hydrogen (secondary N) is 1. The quantitative estimate of drug-likeness (QED) is 0.592. The highest BCUT2D eigenvalue weighted by Gasteiger charge is 2.36. The van der Waals surface area contributed by atoms with Crippen molar-refractivity contribution < 1.29 is 18.0 Å². The number of benzene rings is 2. The minimum absolute atomic E-state index is 0.0323. The van der Waals surface area contributed by atoms with Gasteiger partial charge in [0.1, 0.15) is 0 Å². The summed E-state index contributed by atoms with van der Waals surface area (Å²) in [5, 5.41) is 3.35. The first-order valence-electron chi connectivity index (χ1n) is 10.9. The third kappa shape index (κ3) is 4.96. The van der Waals surface area contributed by atoms with E-state index in [0.29, 0.717) is 59.6 Å². The van der Waals surface area contributed by atoms with Gasteiger partial charge in [-0.1, -0.05) is 24.6 Å². The summed E-state index contributed by atoms with van der Waals surface area (Å²) >= 11 is 9.41. The Morgan fingerprint density at radius 3 is 2.73 bits per heavy atom. The fourth-order valence-corrected chi connectivity index (χ4v) is 7.14. The molecule has 7 nitrogen and oxygen atoms in total. The lowest BCUT2D eigenvalue weighted by Crippen LogP contribution is -2.43. The standard InChI is InChI=1S/C23H25BrClN3O4S/c1-2-22(29)28-10-8-15-11-19(24)21(13-20(15)28)33(31,32)27-9-4-5-16(14-27)23(30)26-18-7-3-6-17(25)12-18/h3,6-7,11-13,16H,2,4-5,8-10,14H2,1H3,(H,26,30)/t16-/m1/s1. The first-order valence-corrected chi connectivity index (χ1v) is 13.5. The highest BCUT2D eigenvalue weighted by atomic mass is 79.9. The van der Waals surface area contributed by atoms with Crippen LogP contribution in [0.5, 0.6) is 0 Å². The van der Waals surface area contributed by atoms with E-state index in [-0.39, 0.29) is 23.3 Å². The van der Waals surface area contributed by atoms with E-state index in [0.717, 1.165) is 5.56 Å². The molecule has 2 aromatic rings. The van der Waals surface area contributed by atoms with Crippen LogP contribution < -0.4 is 10.2 Å². The second-order valence-corrected chi connectivity index (χ2v) is 11.5. The lowest BCUT2D eigenvalue weighted by atomic mass is 9.99. The van der Waals surface area contributed by atoms with E-state index < -0.39 is 15.9 Å². The summed E-state index contributed by atoms with van der Waals surface area (Å²) in [5.41, 5.74) is 2.17. The van der Waals surface area contributed by atoms with Crippen molar-refractivity contribution in [2.45, 2.75) is 37.5 Å². The monoisotopic (exact) mass is 553 g/mol. The van der Waals surface area contributed by atoms with Gasteiger partial charge in [-0.3, -0.25) is 9.59 Å². The van der Waals surface area contributed by atoms with E-state index in [4.69, 9.17) is 11.6 Å². The van der Waals surface area contributed by atoms with Crippen molar-refractivity contribution in [2.75, 3.05) is 29.9 Å². The van der Waals surface area contributed by atoms with Gasteiger partial charge in [-0.2, -0.15) is 4.31 Å². The summed E-state index contributed by atoms with van der Waals surface area (Å²) in [4.78, 5) is 26.9. The van der Waals surface area contributed by atoms with E-state index >= 15 is 0 Å². The Labute approximate surface area is 207 Å². The zero-order valence-electron chi connectivity index (χ0n) is 18.2. The van der Waals surface area contributed by atoms with Gasteiger partial charge < -0.3 is 10.2 Å². The van der Waals surface area contributed by atoms with Crippen LogP contribution in [0, 0.1) is 5.92 Å². The summed E-state index contributed by atoms with van der Waals surface area (Å²) in [7, 11) is -3.87. The second kappa shape index (κ2) is 9.74. The fraction of sp³-hybridized carbons (Fsp3) is 0.391. The van der Waals surface area contributed by atoms with Crippen LogP contribution in [0.25, 0.3) is 0 Å². The van der Waals surface area contributed by atoms with Crippen molar-refractivity contribution in [3.8, 4) is 0 Å². The molecule has 4 rings (SSSR count). The molecule has 2 aromatic carbocycles. The predicted molar refractivity (Wildman–Crippen MR) is 132 cm³/mol. The van der Waals surface area contributed by atoms with Crippen molar-refractivity contribution in [2.24, 2.45) is 5.92 Å². The molecule has 0 aromatic heterocycles. The third-order valence-corrected chi connectivity index (χ3v) is 9.16. The summed E-state index contributed by atoms with van der Waals surface area (Å²) < 4.78 is 29.0. The molecule has 1 saturated heterocycles. The van der Waals surface area contributed by atoms with Gasteiger partial charge in [-0.05, 0) is 71.1 Å². The minimum atomic E-state index is -3.87. The van der Waals surface area contributed by atoms with Crippen molar-refractivity contribution in [1.82, 2.24) is 4.31 Å².